The summed E-state index contributed by atoms with van der Waals surface area (Å²) in [6.07, 6.45) is 3.61. The van der Waals surface area contributed by atoms with E-state index in [4.69, 9.17) is 5.73 Å². The molecular formula is C15H24N2. The van der Waals surface area contributed by atoms with Crippen LogP contribution in [0.1, 0.15) is 32.3 Å². The third-order valence-electron chi connectivity index (χ3n) is 3.65. The zero-order chi connectivity index (χ0) is 12.3. The quantitative estimate of drug-likeness (QED) is 0.868. The third kappa shape index (κ3) is 3.01. The molecule has 1 heterocycles. The summed E-state index contributed by atoms with van der Waals surface area (Å²) in [7, 11) is 0. The van der Waals surface area contributed by atoms with Gasteiger partial charge in [0.2, 0.25) is 0 Å². The normalized spacial score (nSPS) is 19.4. The zero-order valence-corrected chi connectivity index (χ0v) is 11.1. The Bertz CT molecular complexity index is 371. The zero-order valence-electron chi connectivity index (χ0n) is 11.1. The Balaban J connectivity index is 2.21. The molecule has 0 saturated carbocycles. The lowest BCUT2D eigenvalue weighted by molar-refractivity contribution is 0.293. The fourth-order valence-corrected chi connectivity index (χ4v) is 2.82. The molecule has 2 rings (SSSR count). The average Bonchev–Trinajstić information content (AvgIpc) is 2.29. The Hall–Kier alpha value is -1.02. The fourth-order valence-electron chi connectivity index (χ4n) is 2.82. The summed E-state index contributed by atoms with van der Waals surface area (Å²) in [4.78, 5) is 2.54. The van der Waals surface area contributed by atoms with Crippen LogP contribution in [-0.4, -0.2) is 19.6 Å². The van der Waals surface area contributed by atoms with Gasteiger partial charge in [0, 0.05) is 18.8 Å². The summed E-state index contributed by atoms with van der Waals surface area (Å²) in [5.41, 5.74) is 8.92. The Labute approximate surface area is 105 Å². The molecule has 2 N–H and O–H groups in total. The summed E-state index contributed by atoms with van der Waals surface area (Å²) in [6.45, 7) is 7.81. The molecule has 0 aliphatic carbocycles. The highest BCUT2D eigenvalue weighted by atomic mass is 15.1. The molecule has 17 heavy (non-hydrogen) atoms. The number of para-hydroxylation sites is 1. The van der Waals surface area contributed by atoms with Gasteiger partial charge in [-0.1, -0.05) is 32.0 Å². The molecule has 94 valence electrons. The molecule has 1 saturated heterocycles. The van der Waals surface area contributed by atoms with Crippen LogP contribution >= 0.6 is 0 Å². The first-order valence-electron chi connectivity index (χ1n) is 6.65. The summed E-state index contributed by atoms with van der Waals surface area (Å²) >= 11 is 0. The summed E-state index contributed by atoms with van der Waals surface area (Å²) in [5.74, 6) is 0. The van der Waals surface area contributed by atoms with E-state index in [9.17, 15) is 0 Å². The van der Waals surface area contributed by atoms with E-state index in [-0.39, 0.29) is 0 Å². The molecule has 1 fully saturated rings. The van der Waals surface area contributed by atoms with Gasteiger partial charge in [-0.2, -0.15) is 0 Å². The Morgan fingerprint density at radius 2 is 2.06 bits per heavy atom. The molecule has 0 radical (unpaired) electrons. The maximum atomic E-state index is 5.69. The Morgan fingerprint density at radius 1 is 1.29 bits per heavy atom. The van der Waals surface area contributed by atoms with Gasteiger partial charge in [-0.3, -0.25) is 0 Å². The molecule has 0 amide bonds. The monoisotopic (exact) mass is 232 g/mol. The number of hydrogen-bond donors (Lipinski definition) is 1. The molecule has 0 unspecified atom stereocenters. The van der Waals surface area contributed by atoms with Crippen LogP contribution in [0, 0.1) is 5.41 Å². The molecule has 1 aromatic carbocycles. The summed E-state index contributed by atoms with van der Waals surface area (Å²) in [5, 5.41) is 0. The molecule has 0 atom stereocenters. The average molecular weight is 232 g/mol. The van der Waals surface area contributed by atoms with Crippen molar-refractivity contribution < 1.29 is 0 Å². The van der Waals surface area contributed by atoms with Gasteiger partial charge < -0.3 is 10.6 Å². The lowest BCUT2D eigenvalue weighted by Crippen LogP contribution is -2.40. The molecule has 0 bridgehead atoms. The molecule has 1 aliphatic heterocycles. The largest absolute Gasteiger partial charge is 0.371 e. The van der Waals surface area contributed by atoms with Crippen molar-refractivity contribution in [2.75, 3.05) is 24.5 Å². The van der Waals surface area contributed by atoms with Crippen molar-refractivity contribution in [1.29, 1.82) is 0 Å². The summed E-state index contributed by atoms with van der Waals surface area (Å²) < 4.78 is 0. The van der Waals surface area contributed by atoms with E-state index in [0.717, 1.165) is 19.5 Å². The van der Waals surface area contributed by atoms with E-state index in [1.807, 2.05) is 0 Å². The smallest absolute Gasteiger partial charge is 0.0399 e. The first kappa shape index (κ1) is 12.4. The highest BCUT2D eigenvalue weighted by Crippen LogP contribution is 2.33. The maximum absolute atomic E-state index is 5.69. The van der Waals surface area contributed by atoms with E-state index >= 15 is 0 Å². The van der Waals surface area contributed by atoms with Gasteiger partial charge in [-0.05, 0) is 42.9 Å². The summed E-state index contributed by atoms with van der Waals surface area (Å²) in [6, 6.07) is 8.71. The van der Waals surface area contributed by atoms with Crippen molar-refractivity contribution in [3.63, 3.8) is 0 Å². The second-order valence-electron chi connectivity index (χ2n) is 5.86. The first-order valence-corrected chi connectivity index (χ1v) is 6.65. The highest BCUT2D eigenvalue weighted by molar-refractivity contribution is 5.54. The van der Waals surface area contributed by atoms with Crippen LogP contribution in [-0.2, 0) is 6.42 Å². The molecule has 1 aliphatic rings. The maximum Gasteiger partial charge on any atom is 0.0399 e. The van der Waals surface area contributed by atoms with Crippen LogP contribution in [0.25, 0.3) is 0 Å². The predicted octanol–water partition coefficient (Wildman–Crippen LogP) is 2.81. The van der Waals surface area contributed by atoms with Gasteiger partial charge in [0.05, 0.1) is 0 Å². The van der Waals surface area contributed by atoms with E-state index in [1.54, 1.807) is 0 Å². The Morgan fingerprint density at radius 3 is 2.76 bits per heavy atom. The Kier molecular flexibility index (Phi) is 3.72. The number of piperidine rings is 1. The van der Waals surface area contributed by atoms with E-state index in [1.165, 1.54) is 30.6 Å². The number of hydrogen-bond acceptors (Lipinski definition) is 2. The topological polar surface area (TPSA) is 29.3 Å². The van der Waals surface area contributed by atoms with Gasteiger partial charge in [0.1, 0.15) is 0 Å². The van der Waals surface area contributed by atoms with Gasteiger partial charge in [-0.25, -0.2) is 0 Å². The third-order valence-corrected chi connectivity index (χ3v) is 3.65. The molecule has 0 aromatic heterocycles. The lowest BCUT2D eigenvalue weighted by atomic mass is 9.83. The van der Waals surface area contributed by atoms with Gasteiger partial charge in [0.25, 0.3) is 0 Å². The van der Waals surface area contributed by atoms with Gasteiger partial charge in [0.15, 0.2) is 0 Å². The number of nitrogens with two attached hydrogens (primary N) is 1. The molecular weight excluding hydrogens is 208 g/mol. The number of benzene rings is 1. The van der Waals surface area contributed by atoms with Crippen LogP contribution in [0.2, 0.25) is 0 Å². The van der Waals surface area contributed by atoms with Crippen molar-refractivity contribution in [3.05, 3.63) is 29.8 Å². The first-order chi connectivity index (χ1) is 8.12. The standard InChI is InChI=1S/C15H24N2/c1-15(2)9-5-11-17(12-15)14-7-4-3-6-13(14)8-10-16/h3-4,6-7H,5,8-12,16H2,1-2H3. The number of rotatable bonds is 3. The molecule has 2 heteroatoms. The van der Waals surface area contributed by atoms with Crippen LogP contribution in [0.15, 0.2) is 24.3 Å². The molecule has 2 nitrogen and oxygen atoms in total. The fraction of sp³-hybridized carbons (Fsp3) is 0.600. The van der Waals surface area contributed by atoms with Crippen molar-refractivity contribution >= 4 is 5.69 Å². The van der Waals surface area contributed by atoms with Crippen molar-refractivity contribution in [3.8, 4) is 0 Å². The van der Waals surface area contributed by atoms with E-state index in [2.05, 4.69) is 43.0 Å². The highest BCUT2D eigenvalue weighted by Gasteiger charge is 2.27. The van der Waals surface area contributed by atoms with Crippen LogP contribution in [0.5, 0.6) is 0 Å². The van der Waals surface area contributed by atoms with E-state index < -0.39 is 0 Å². The van der Waals surface area contributed by atoms with Crippen LogP contribution in [0.3, 0.4) is 0 Å². The second-order valence-corrected chi connectivity index (χ2v) is 5.86. The van der Waals surface area contributed by atoms with Gasteiger partial charge in [-0.15, -0.1) is 0 Å². The van der Waals surface area contributed by atoms with E-state index in [0.29, 0.717) is 5.41 Å². The molecule has 1 aromatic rings. The number of anilines is 1. The van der Waals surface area contributed by atoms with Crippen LogP contribution < -0.4 is 10.6 Å². The number of nitrogens with zero attached hydrogens (tertiary/aromatic N) is 1. The SMILES string of the molecule is CC1(C)CCCN(c2ccccc2CCN)C1. The van der Waals surface area contributed by atoms with Gasteiger partial charge >= 0.3 is 0 Å². The minimum absolute atomic E-state index is 0.439. The van der Waals surface area contributed by atoms with Crippen molar-refractivity contribution in [2.45, 2.75) is 33.1 Å². The van der Waals surface area contributed by atoms with Crippen LogP contribution in [0.4, 0.5) is 5.69 Å². The predicted molar refractivity (Wildman–Crippen MR) is 74.4 cm³/mol. The van der Waals surface area contributed by atoms with Crippen molar-refractivity contribution in [1.82, 2.24) is 0 Å². The lowest BCUT2D eigenvalue weighted by Gasteiger charge is -2.40. The second kappa shape index (κ2) is 5.09. The minimum Gasteiger partial charge on any atom is -0.371 e. The van der Waals surface area contributed by atoms with Crippen molar-refractivity contribution in [2.24, 2.45) is 11.1 Å². The molecule has 0 spiro atoms. The minimum atomic E-state index is 0.439.